The van der Waals surface area contributed by atoms with Gasteiger partial charge in [0.1, 0.15) is 0 Å². The summed E-state index contributed by atoms with van der Waals surface area (Å²) < 4.78 is 2.03. The molecule has 1 aromatic carbocycles. The molecule has 0 radical (unpaired) electrons. The number of para-hydroxylation sites is 2. The first-order chi connectivity index (χ1) is 8.36. The zero-order chi connectivity index (χ0) is 12.1. The fourth-order valence-corrected chi connectivity index (χ4v) is 2.12. The lowest BCUT2D eigenvalue weighted by atomic mass is 10.2. The van der Waals surface area contributed by atoms with Crippen LogP contribution in [0.25, 0.3) is 11.0 Å². The van der Waals surface area contributed by atoms with Crippen molar-refractivity contribution in [2.75, 3.05) is 0 Å². The predicted molar refractivity (Wildman–Crippen MR) is 69.3 cm³/mol. The SMILES string of the molecule is CCCCCCn1c(C=O)nc2ccccc21. The second kappa shape index (κ2) is 5.62. The van der Waals surface area contributed by atoms with Crippen LogP contribution in [-0.2, 0) is 6.54 Å². The lowest BCUT2D eigenvalue weighted by Crippen LogP contribution is -2.03. The summed E-state index contributed by atoms with van der Waals surface area (Å²) in [7, 11) is 0. The van der Waals surface area contributed by atoms with E-state index in [9.17, 15) is 4.79 Å². The number of rotatable bonds is 6. The number of carbonyl (C=O) groups is 1. The van der Waals surface area contributed by atoms with E-state index in [2.05, 4.69) is 11.9 Å². The Morgan fingerprint density at radius 1 is 1.24 bits per heavy atom. The number of aldehydes is 1. The molecule has 1 heterocycles. The van der Waals surface area contributed by atoms with Gasteiger partial charge in [-0.05, 0) is 18.6 Å². The van der Waals surface area contributed by atoms with Gasteiger partial charge in [-0.25, -0.2) is 4.98 Å². The monoisotopic (exact) mass is 230 g/mol. The van der Waals surface area contributed by atoms with Crippen LogP contribution >= 0.6 is 0 Å². The van der Waals surface area contributed by atoms with Crippen LogP contribution in [0.5, 0.6) is 0 Å². The summed E-state index contributed by atoms with van der Waals surface area (Å²) in [5.74, 6) is 0.544. The van der Waals surface area contributed by atoms with Crippen LogP contribution in [0.1, 0.15) is 43.2 Å². The molecule has 2 rings (SSSR count). The smallest absolute Gasteiger partial charge is 0.185 e. The Labute approximate surface area is 101 Å². The van der Waals surface area contributed by atoms with Crippen LogP contribution in [0.15, 0.2) is 24.3 Å². The molecule has 0 aliphatic carbocycles. The van der Waals surface area contributed by atoms with Gasteiger partial charge in [0.25, 0.3) is 0 Å². The van der Waals surface area contributed by atoms with Crippen molar-refractivity contribution in [1.82, 2.24) is 9.55 Å². The van der Waals surface area contributed by atoms with E-state index in [1.54, 1.807) is 0 Å². The molecule has 0 bridgehead atoms. The van der Waals surface area contributed by atoms with Crippen LogP contribution in [0.4, 0.5) is 0 Å². The number of imidazole rings is 1. The highest BCUT2D eigenvalue weighted by atomic mass is 16.1. The minimum atomic E-state index is 0.544. The number of benzene rings is 1. The summed E-state index contributed by atoms with van der Waals surface area (Å²) in [6, 6.07) is 7.91. The molecule has 3 heteroatoms. The molecule has 3 nitrogen and oxygen atoms in total. The number of nitrogens with zero attached hydrogens (tertiary/aromatic N) is 2. The van der Waals surface area contributed by atoms with Crippen LogP contribution in [-0.4, -0.2) is 15.8 Å². The minimum absolute atomic E-state index is 0.544. The van der Waals surface area contributed by atoms with Gasteiger partial charge in [-0.1, -0.05) is 38.3 Å². The van der Waals surface area contributed by atoms with Crippen molar-refractivity contribution >= 4 is 17.3 Å². The fourth-order valence-electron chi connectivity index (χ4n) is 2.12. The van der Waals surface area contributed by atoms with Crippen molar-refractivity contribution < 1.29 is 4.79 Å². The van der Waals surface area contributed by atoms with E-state index in [0.29, 0.717) is 5.82 Å². The zero-order valence-corrected chi connectivity index (χ0v) is 10.2. The molecule has 0 unspecified atom stereocenters. The maximum Gasteiger partial charge on any atom is 0.185 e. The van der Waals surface area contributed by atoms with Gasteiger partial charge < -0.3 is 4.57 Å². The number of aryl methyl sites for hydroxylation is 1. The molecule has 0 atom stereocenters. The van der Waals surface area contributed by atoms with Crippen molar-refractivity contribution in [3.63, 3.8) is 0 Å². The molecule has 90 valence electrons. The van der Waals surface area contributed by atoms with E-state index in [1.807, 2.05) is 28.8 Å². The maximum absolute atomic E-state index is 11.0. The van der Waals surface area contributed by atoms with Crippen molar-refractivity contribution in [1.29, 1.82) is 0 Å². The van der Waals surface area contributed by atoms with Gasteiger partial charge in [0.05, 0.1) is 11.0 Å². The molecule has 17 heavy (non-hydrogen) atoms. The highest BCUT2D eigenvalue weighted by Crippen LogP contribution is 2.16. The largest absolute Gasteiger partial charge is 0.322 e. The van der Waals surface area contributed by atoms with Gasteiger partial charge in [0.2, 0.25) is 0 Å². The normalized spacial score (nSPS) is 10.9. The number of fused-ring (bicyclic) bond motifs is 1. The summed E-state index contributed by atoms with van der Waals surface area (Å²) in [6.45, 7) is 3.08. The summed E-state index contributed by atoms with van der Waals surface area (Å²) in [6.07, 6.45) is 5.64. The van der Waals surface area contributed by atoms with E-state index in [1.165, 1.54) is 19.3 Å². The van der Waals surface area contributed by atoms with E-state index in [4.69, 9.17) is 0 Å². The van der Waals surface area contributed by atoms with Gasteiger partial charge in [-0.15, -0.1) is 0 Å². The van der Waals surface area contributed by atoms with Crippen molar-refractivity contribution in [3.05, 3.63) is 30.1 Å². The summed E-state index contributed by atoms with van der Waals surface area (Å²) in [5, 5.41) is 0. The Hall–Kier alpha value is -1.64. The first-order valence-electron chi connectivity index (χ1n) is 6.27. The van der Waals surface area contributed by atoms with E-state index >= 15 is 0 Å². The van der Waals surface area contributed by atoms with E-state index in [0.717, 1.165) is 30.3 Å². The second-order valence-electron chi connectivity index (χ2n) is 4.29. The number of aromatic nitrogens is 2. The summed E-state index contributed by atoms with van der Waals surface area (Å²) >= 11 is 0. The molecular formula is C14H18N2O. The van der Waals surface area contributed by atoms with E-state index < -0.39 is 0 Å². The first kappa shape index (κ1) is 11.8. The van der Waals surface area contributed by atoms with Crippen molar-refractivity contribution in [3.8, 4) is 0 Å². The number of unbranched alkanes of at least 4 members (excludes halogenated alkanes) is 3. The third-order valence-corrected chi connectivity index (χ3v) is 3.02. The minimum Gasteiger partial charge on any atom is -0.322 e. The zero-order valence-electron chi connectivity index (χ0n) is 10.2. The van der Waals surface area contributed by atoms with E-state index in [-0.39, 0.29) is 0 Å². The quantitative estimate of drug-likeness (QED) is 0.563. The highest BCUT2D eigenvalue weighted by molar-refractivity contribution is 5.82. The second-order valence-corrected chi connectivity index (χ2v) is 4.29. The molecule has 1 aromatic heterocycles. The molecule has 0 aliphatic heterocycles. The molecule has 2 aromatic rings. The molecule has 0 fully saturated rings. The predicted octanol–water partition coefficient (Wildman–Crippen LogP) is 3.43. The average Bonchev–Trinajstić information content (AvgIpc) is 2.73. The molecule has 0 aliphatic rings. The molecule has 0 spiro atoms. The first-order valence-corrected chi connectivity index (χ1v) is 6.27. The molecule has 0 saturated heterocycles. The average molecular weight is 230 g/mol. The number of carbonyl (C=O) groups excluding carboxylic acids is 1. The Bertz CT molecular complexity index is 502. The van der Waals surface area contributed by atoms with Gasteiger partial charge in [-0.2, -0.15) is 0 Å². The van der Waals surface area contributed by atoms with Crippen molar-refractivity contribution in [2.45, 2.75) is 39.2 Å². The fraction of sp³-hybridized carbons (Fsp3) is 0.429. The highest BCUT2D eigenvalue weighted by Gasteiger charge is 2.08. The lowest BCUT2D eigenvalue weighted by Gasteiger charge is -2.05. The Morgan fingerprint density at radius 3 is 2.82 bits per heavy atom. The third-order valence-electron chi connectivity index (χ3n) is 3.02. The van der Waals surface area contributed by atoms with Crippen LogP contribution < -0.4 is 0 Å². The van der Waals surface area contributed by atoms with Crippen LogP contribution in [0.3, 0.4) is 0 Å². The Balaban J connectivity index is 2.21. The lowest BCUT2D eigenvalue weighted by molar-refractivity contribution is 0.111. The van der Waals surface area contributed by atoms with Crippen molar-refractivity contribution in [2.24, 2.45) is 0 Å². The molecular weight excluding hydrogens is 212 g/mol. The third kappa shape index (κ3) is 2.54. The summed E-state index contributed by atoms with van der Waals surface area (Å²) in [5.41, 5.74) is 1.97. The number of hydrogen-bond donors (Lipinski definition) is 0. The van der Waals surface area contributed by atoms with Crippen LogP contribution in [0.2, 0.25) is 0 Å². The molecule has 0 amide bonds. The Kier molecular flexibility index (Phi) is 3.91. The standard InChI is InChI=1S/C14H18N2O/c1-2-3-4-7-10-16-13-9-6-5-8-12(13)15-14(16)11-17/h5-6,8-9,11H,2-4,7,10H2,1H3. The number of hydrogen-bond acceptors (Lipinski definition) is 2. The Morgan fingerprint density at radius 2 is 2.06 bits per heavy atom. The van der Waals surface area contributed by atoms with Gasteiger partial charge >= 0.3 is 0 Å². The summed E-state index contributed by atoms with van der Waals surface area (Å²) in [4.78, 5) is 15.3. The van der Waals surface area contributed by atoms with Gasteiger partial charge in [0.15, 0.2) is 12.1 Å². The molecule has 0 saturated carbocycles. The maximum atomic E-state index is 11.0. The molecule has 0 N–H and O–H groups in total. The van der Waals surface area contributed by atoms with Gasteiger partial charge in [0, 0.05) is 6.54 Å². The topological polar surface area (TPSA) is 34.9 Å². The van der Waals surface area contributed by atoms with Crippen LogP contribution in [0, 0.1) is 0 Å². The van der Waals surface area contributed by atoms with Gasteiger partial charge in [-0.3, -0.25) is 4.79 Å².